The van der Waals surface area contributed by atoms with E-state index in [4.69, 9.17) is 5.73 Å². The summed E-state index contributed by atoms with van der Waals surface area (Å²) in [5.41, 5.74) is 6.10. The summed E-state index contributed by atoms with van der Waals surface area (Å²) in [6.07, 6.45) is 3.66. The molecule has 0 bridgehead atoms. The molecule has 0 aliphatic carbocycles. The molecule has 10 heavy (non-hydrogen) atoms. The predicted molar refractivity (Wildman–Crippen MR) is 47.0 cm³/mol. The highest BCUT2D eigenvalue weighted by Crippen LogP contribution is 2.19. The van der Waals surface area contributed by atoms with Crippen molar-refractivity contribution >= 4 is 0 Å². The van der Waals surface area contributed by atoms with Crippen LogP contribution in [0.25, 0.3) is 0 Å². The maximum atomic E-state index is 6.05. The second-order valence-electron chi connectivity index (χ2n) is 3.76. The van der Waals surface area contributed by atoms with Gasteiger partial charge in [-0.2, -0.15) is 0 Å². The first-order valence-corrected chi connectivity index (χ1v) is 4.29. The van der Waals surface area contributed by atoms with Crippen molar-refractivity contribution in [1.82, 2.24) is 0 Å². The van der Waals surface area contributed by atoms with Crippen LogP contribution in [0.1, 0.15) is 47.0 Å². The molecule has 1 unspecified atom stereocenters. The van der Waals surface area contributed by atoms with Gasteiger partial charge in [0, 0.05) is 5.54 Å². The molecule has 0 aromatic carbocycles. The Bertz CT molecular complexity index is 84.7. The summed E-state index contributed by atoms with van der Waals surface area (Å²) >= 11 is 0. The van der Waals surface area contributed by atoms with Gasteiger partial charge in [-0.15, -0.1) is 0 Å². The lowest BCUT2D eigenvalue weighted by atomic mass is 9.85. The van der Waals surface area contributed by atoms with Gasteiger partial charge in [0.25, 0.3) is 0 Å². The van der Waals surface area contributed by atoms with Crippen LogP contribution in [0.3, 0.4) is 0 Å². The zero-order valence-electron chi connectivity index (χ0n) is 7.78. The van der Waals surface area contributed by atoms with Crippen molar-refractivity contribution < 1.29 is 0 Å². The predicted octanol–water partition coefficient (Wildman–Crippen LogP) is 2.55. The fourth-order valence-electron chi connectivity index (χ4n) is 0.846. The van der Waals surface area contributed by atoms with Crippen LogP contribution >= 0.6 is 0 Å². The molecule has 0 spiro atoms. The standard InChI is InChI=1S/C9H21N/c1-5-6-7-9(4,10)8(2)3/h8H,5-7,10H2,1-4H3. The molecule has 0 amide bonds. The summed E-state index contributed by atoms with van der Waals surface area (Å²) in [4.78, 5) is 0. The van der Waals surface area contributed by atoms with Crippen molar-refractivity contribution in [2.75, 3.05) is 0 Å². The van der Waals surface area contributed by atoms with Crippen LogP contribution in [0.5, 0.6) is 0 Å². The molecule has 1 nitrogen and oxygen atoms in total. The third kappa shape index (κ3) is 3.21. The molecule has 0 aliphatic rings. The van der Waals surface area contributed by atoms with Gasteiger partial charge in [-0.3, -0.25) is 0 Å². The van der Waals surface area contributed by atoms with Crippen LogP contribution < -0.4 is 5.73 Å². The van der Waals surface area contributed by atoms with E-state index in [1.807, 2.05) is 0 Å². The molecular weight excluding hydrogens is 122 g/mol. The Morgan fingerprint density at radius 3 is 2.20 bits per heavy atom. The molecule has 1 atom stereocenters. The highest BCUT2D eigenvalue weighted by Gasteiger charge is 2.21. The summed E-state index contributed by atoms with van der Waals surface area (Å²) < 4.78 is 0. The lowest BCUT2D eigenvalue weighted by Crippen LogP contribution is -2.41. The maximum Gasteiger partial charge on any atom is 0.0149 e. The first-order valence-electron chi connectivity index (χ1n) is 4.29. The molecule has 0 aliphatic heterocycles. The molecule has 0 saturated heterocycles. The molecule has 0 heterocycles. The monoisotopic (exact) mass is 143 g/mol. The summed E-state index contributed by atoms with van der Waals surface area (Å²) in [7, 11) is 0. The SMILES string of the molecule is CCCCC(C)(N)C(C)C. The maximum absolute atomic E-state index is 6.05. The lowest BCUT2D eigenvalue weighted by molar-refractivity contribution is 0.309. The van der Waals surface area contributed by atoms with Gasteiger partial charge in [0.2, 0.25) is 0 Å². The molecule has 2 N–H and O–H groups in total. The highest BCUT2D eigenvalue weighted by molar-refractivity contribution is 4.81. The van der Waals surface area contributed by atoms with E-state index in [-0.39, 0.29) is 5.54 Å². The van der Waals surface area contributed by atoms with Gasteiger partial charge in [-0.05, 0) is 19.3 Å². The quantitative estimate of drug-likeness (QED) is 0.643. The third-order valence-corrected chi connectivity index (χ3v) is 2.39. The lowest BCUT2D eigenvalue weighted by Gasteiger charge is -2.28. The molecule has 0 saturated carbocycles. The largest absolute Gasteiger partial charge is 0.325 e. The van der Waals surface area contributed by atoms with Crippen LogP contribution in [-0.2, 0) is 0 Å². The average molecular weight is 143 g/mol. The molecule has 0 aromatic heterocycles. The number of unbranched alkanes of at least 4 members (excludes halogenated alkanes) is 1. The van der Waals surface area contributed by atoms with E-state index in [0.717, 1.165) is 6.42 Å². The number of nitrogens with two attached hydrogens (primary N) is 1. The fraction of sp³-hybridized carbons (Fsp3) is 1.00. The van der Waals surface area contributed by atoms with Crippen molar-refractivity contribution in [2.45, 2.75) is 52.5 Å². The molecular formula is C9H21N. The summed E-state index contributed by atoms with van der Waals surface area (Å²) in [6, 6.07) is 0. The minimum absolute atomic E-state index is 0.0516. The minimum atomic E-state index is 0.0516. The van der Waals surface area contributed by atoms with E-state index >= 15 is 0 Å². The molecule has 62 valence electrons. The molecule has 1 heteroatoms. The van der Waals surface area contributed by atoms with E-state index in [1.54, 1.807) is 0 Å². The van der Waals surface area contributed by atoms with Crippen molar-refractivity contribution in [1.29, 1.82) is 0 Å². The smallest absolute Gasteiger partial charge is 0.0149 e. The number of rotatable bonds is 4. The first kappa shape index (κ1) is 9.96. The Balaban J connectivity index is 3.63. The van der Waals surface area contributed by atoms with E-state index in [2.05, 4.69) is 27.7 Å². The van der Waals surface area contributed by atoms with Gasteiger partial charge in [-0.25, -0.2) is 0 Å². The van der Waals surface area contributed by atoms with Gasteiger partial charge in [0.1, 0.15) is 0 Å². The van der Waals surface area contributed by atoms with Crippen LogP contribution in [0, 0.1) is 5.92 Å². The Hall–Kier alpha value is -0.0400. The highest BCUT2D eigenvalue weighted by atomic mass is 14.7. The van der Waals surface area contributed by atoms with Gasteiger partial charge < -0.3 is 5.73 Å². The average Bonchev–Trinajstić information content (AvgIpc) is 1.84. The Morgan fingerprint density at radius 2 is 1.90 bits per heavy atom. The summed E-state index contributed by atoms with van der Waals surface area (Å²) in [6.45, 7) is 8.73. The molecule has 0 aromatic rings. The van der Waals surface area contributed by atoms with Crippen molar-refractivity contribution in [3.05, 3.63) is 0 Å². The normalized spacial score (nSPS) is 17.4. The molecule has 0 radical (unpaired) electrons. The molecule has 0 fully saturated rings. The Kier molecular flexibility index (Phi) is 3.95. The van der Waals surface area contributed by atoms with Gasteiger partial charge in [0.05, 0.1) is 0 Å². The first-order chi connectivity index (χ1) is 4.50. The number of hydrogen-bond donors (Lipinski definition) is 1. The third-order valence-electron chi connectivity index (χ3n) is 2.39. The Morgan fingerprint density at radius 1 is 1.40 bits per heavy atom. The van der Waals surface area contributed by atoms with Crippen LogP contribution in [0.15, 0.2) is 0 Å². The second kappa shape index (κ2) is 3.97. The van der Waals surface area contributed by atoms with Crippen LogP contribution in [0.4, 0.5) is 0 Å². The fourth-order valence-corrected chi connectivity index (χ4v) is 0.846. The van der Waals surface area contributed by atoms with Gasteiger partial charge in [0.15, 0.2) is 0 Å². The van der Waals surface area contributed by atoms with Crippen molar-refractivity contribution in [3.63, 3.8) is 0 Å². The van der Waals surface area contributed by atoms with E-state index in [9.17, 15) is 0 Å². The van der Waals surface area contributed by atoms with Crippen molar-refractivity contribution in [3.8, 4) is 0 Å². The van der Waals surface area contributed by atoms with E-state index in [1.165, 1.54) is 12.8 Å². The van der Waals surface area contributed by atoms with Gasteiger partial charge >= 0.3 is 0 Å². The zero-order valence-corrected chi connectivity index (χ0v) is 7.78. The topological polar surface area (TPSA) is 26.0 Å². The minimum Gasteiger partial charge on any atom is -0.325 e. The second-order valence-corrected chi connectivity index (χ2v) is 3.76. The van der Waals surface area contributed by atoms with Crippen molar-refractivity contribution in [2.24, 2.45) is 11.7 Å². The summed E-state index contributed by atoms with van der Waals surface area (Å²) in [5.74, 6) is 0.596. The number of hydrogen-bond acceptors (Lipinski definition) is 1. The summed E-state index contributed by atoms with van der Waals surface area (Å²) in [5, 5.41) is 0. The zero-order chi connectivity index (χ0) is 8.20. The van der Waals surface area contributed by atoms with E-state index < -0.39 is 0 Å². The molecule has 0 rings (SSSR count). The van der Waals surface area contributed by atoms with Crippen LogP contribution in [-0.4, -0.2) is 5.54 Å². The van der Waals surface area contributed by atoms with Gasteiger partial charge in [-0.1, -0.05) is 33.6 Å². The van der Waals surface area contributed by atoms with Crippen LogP contribution in [0.2, 0.25) is 0 Å². The van der Waals surface area contributed by atoms with E-state index in [0.29, 0.717) is 5.92 Å². The Labute approximate surface area is 65.0 Å².